The summed E-state index contributed by atoms with van der Waals surface area (Å²) < 4.78 is 0. The van der Waals surface area contributed by atoms with Crippen LogP contribution in [-0.2, 0) is 9.59 Å². The Morgan fingerprint density at radius 2 is 1.61 bits per heavy atom. The van der Waals surface area contributed by atoms with Gasteiger partial charge in [0.05, 0.1) is 13.1 Å². The molecule has 0 fully saturated rings. The molecule has 0 radical (unpaired) electrons. The van der Waals surface area contributed by atoms with Gasteiger partial charge in [0, 0.05) is 12.2 Å². The maximum Gasteiger partial charge on any atom is 0.239 e. The molecular weight excluding hydrogens is 254 g/mol. The Balaban J connectivity index is 0.00000289. The van der Waals surface area contributed by atoms with Gasteiger partial charge < -0.3 is 16.0 Å². The van der Waals surface area contributed by atoms with Crippen LogP contribution < -0.4 is 16.0 Å². The van der Waals surface area contributed by atoms with Gasteiger partial charge in [-0.25, -0.2) is 0 Å². The molecule has 2 amide bonds. The van der Waals surface area contributed by atoms with Gasteiger partial charge in [0.25, 0.3) is 0 Å². The first-order valence-corrected chi connectivity index (χ1v) is 5.54. The summed E-state index contributed by atoms with van der Waals surface area (Å²) in [6, 6.07) is 9.42. The fourth-order valence-electron chi connectivity index (χ4n) is 1.24. The van der Waals surface area contributed by atoms with E-state index in [0.717, 1.165) is 5.69 Å². The van der Waals surface area contributed by atoms with Crippen molar-refractivity contribution in [3.8, 4) is 0 Å². The Morgan fingerprint density at radius 3 is 2.22 bits per heavy atom. The van der Waals surface area contributed by atoms with Crippen molar-refractivity contribution in [3.05, 3.63) is 30.3 Å². The van der Waals surface area contributed by atoms with Gasteiger partial charge >= 0.3 is 0 Å². The molecule has 0 saturated heterocycles. The third kappa shape index (κ3) is 6.75. The molecule has 0 aliphatic heterocycles. The number of rotatable bonds is 6. The summed E-state index contributed by atoms with van der Waals surface area (Å²) in [6.45, 7) is 2.57. The number of halogens is 1. The molecule has 1 aromatic carbocycles. The first-order valence-electron chi connectivity index (χ1n) is 5.54. The van der Waals surface area contributed by atoms with Crippen LogP contribution >= 0.6 is 12.4 Å². The lowest BCUT2D eigenvalue weighted by molar-refractivity contribution is -0.125. The van der Waals surface area contributed by atoms with E-state index in [0.29, 0.717) is 6.54 Å². The Kier molecular flexibility index (Phi) is 8.39. The molecule has 1 aromatic rings. The largest absolute Gasteiger partial charge is 0.376 e. The van der Waals surface area contributed by atoms with Crippen molar-refractivity contribution in [1.29, 1.82) is 0 Å². The Hall–Kier alpha value is -1.75. The Labute approximate surface area is 113 Å². The predicted octanol–water partition coefficient (Wildman–Crippen LogP) is 0.773. The van der Waals surface area contributed by atoms with Crippen LogP contribution in [0, 0.1) is 0 Å². The van der Waals surface area contributed by atoms with Crippen LogP contribution in [0.4, 0.5) is 5.69 Å². The van der Waals surface area contributed by atoms with E-state index < -0.39 is 0 Å². The van der Waals surface area contributed by atoms with E-state index in [4.69, 9.17) is 0 Å². The fraction of sp³-hybridized carbons (Fsp3) is 0.333. The molecule has 0 heterocycles. The molecule has 0 aromatic heterocycles. The van der Waals surface area contributed by atoms with Gasteiger partial charge in [-0.15, -0.1) is 12.4 Å². The lowest BCUT2D eigenvalue weighted by atomic mass is 10.3. The van der Waals surface area contributed by atoms with Crippen molar-refractivity contribution in [2.75, 3.05) is 25.0 Å². The van der Waals surface area contributed by atoms with Crippen LogP contribution in [0.1, 0.15) is 6.92 Å². The quantitative estimate of drug-likeness (QED) is 0.716. The van der Waals surface area contributed by atoms with E-state index in [-0.39, 0.29) is 37.3 Å². The zero-order valence-electron chi connectivity index (χ0n) is 10.2. The molecule has 0 spiro atoms. The minimum absolute atomic E-state index is 0. The summed E-state index contributed by atoms with van der Waals surface area (Å²) >= 11 is 0. The molecule has 3 N–H and O–H groups in total. The van der Waals surface area contributed by atoms with Gasteiger partial charge in [0.1, 0.15) is 0 Å². The fourth-order valence-corrected chi connectivity index (χ4v) is 1.24. The van der Waals surface area contributed by atoms with Crippen molar-refractivity contribution in [1.82, 2.24) is 10.6 Å². The number of benzene rings is 1. The second-order valence-electron chi connectivity index (χ2n) is 3.45. The highest BCUT2D eigenvalue weighted by molar-refractivity contribution is 5.86. The highest BCUT2D eigenvalue weighted by atomic mass is 35.5. The number of anilines is 1. The monoisotopic (exact) mass is 271 g/mol. The number of nitrogens with one attached hydrogen (secondary N) is 3. The molecule has 5 nitrogen and oxygen atoms in total. The Bertz CT molecular complexity index is 371. The standard InChI is InChI=1S/C12H17N3O2.ClH/c1-2-13-11(16)9-15-12(17)8-14-10-6-4-3-5-7-10;/h3-7,14H,2,8-9H2,1H3,(H,13,16)(H,15,17);1H. The molecule has 0 unspecified atom stereocenters. The topological polar surface area (TPSA) is 70.2 Å². The van der Waals surface area contributed by atoms with Crippen LogP contribution in [-0.4, -0.2) is 31.4 Å². The Morgan fingerprint density at radius 1 is 1.00 bits per heavy atom. The van der Waals surface area contributed by atoms with Crippen molar-refractivity contribution in [2.45, 2.75) is 6.92 Å². The molecule has 0 bridgehead atoms. The number of hydrogen-bond acceptors (Lipinski definition) is 3. The molecule has 0 aliphatic carbocycles. The maximum absolute atomic E-state index is 11.4. The van der Waals surface area contributed by atoms with Crippen molar-refractivity contribution in [2.24, 2.45) is 0 Å². The predicted molar refractivity (Wildman–Crippen MR) is 73.9 cm³/mol. The van der Waals surface area contributed by atoms with Gasteiger partial charge in [-0.3, -0.25) is 9.59 Å². The number of hydrogen-bond donors (Lipinski definition) is 3. The maximum atomic E-state index is 11.4. The third-order valence-electron chi connectivity index (χ3n) is 2.05. The van der Waals surface area contributed by atoms with Gasteiger partial charge in [-0.1, -0.05) is 18.2 Å². The molecule has 1 rings (SSSR count). The molecule has 0 atom stereocenters. The summed E-state index contributed by atoms with van der Waals surface area (Å²) in [5, 5.41) is 8.08. The first kappa shape index (κ1) is 16.2. The second-order valence-corrected chi connectivity index (χ2v) is 3.45. The number of amides is 2. The second kappa shape index (κ2) is 9.30. The SMILES string of the molecule is CCNC(=O)CNC(=O)CNc1ccccc1.Cl. The summed E-state index contributed by atoms with van der Waals surface area (Å²) in [6.07, 6.45) is 0. The molecule has 6 heteroatoms. The number of likely N-dealkylation sites (N-methyl/N-ethyl adjacent to an activating group) is 1. The first-order chi connectivity index (χ1) is 8.22. The van der Waals surface area contributed by atoms with Gasteiger partial charge in [0.2, 0.25) is 11.8 Å². The number of para-hydroxylation sites is 1. The van der Waals surface area contributed by atoms with E-state index in [1.165, 1.54) is 0 Å². The van der Waals surface area contributed by atoms with Gasteiger partial charge in [-0.2, -0.15) is 0 Å². The lowest BCUT2D eigenvalue weighted by Gasteiger charge is -2.07. The lowest BCUT2D eigenvalue weighted by Crippen LogP contribution is -2.39. The minimum Gasteiger partial charge on any atom is -0.376 e. The van der Waals surface area contributed by atoms with Crippen LogP contribution in [0.5, 0.6) is 0 Å². The molecule has 100 valence electrons. The summed E-state index contributed by atoms with van der Waals surface area (Å²) in [5.74, 6) is -0.388. The molecule has 18 heavy (non-hydrogen) atoms. The number of carbonyl (C=O) groups is 2. The highest BCUT2D eigenvalue weighted by Crippen LogP contribution is 2.03. The molecule has 0 saturated carbocycles. The summed E-state index contributed by atoms with van der Waals surface area (Å²) in [4.78, 5) is 22.4. The smallest absolute Gasteiger partial charge is 0.239 e. The van der Waals surface area contributed by atoms with Crippen molar-refractivity contribution >= 4 is 29.9 Å². The zero-order valence-corrected chi connectivity index (χ0v) is 11.0. The van der Waals surface area contributed by atoms with E-state index in [1.807, 2.05) is 37.3 Å². The van der Waals surface area contributed by atoms with E-state index >= 15 is 0 Å². The average molecular weight is 272 g/mol. The summed E-state index contributed by atoms with van der Waals surface area (Å²) in [5.41, 5.74) is 0.876. The number of carbonyl (C=O) groups excluding carboxylic acids is 2. The molecule has 0 aliphatic rings. The average Bonchev–Trinajstić information content (AvgIpc) is 2.35. The molecular formula is C12H18ClN3O2. The van der Waals surface area contributed by atoms with Crippen molar-refractivity contribution < 1.29 is 9.59 Å². The van der Waals surface area contributed by atoms with Gasteiger partial charge in [0.15, 0.2) is 0 Å². The highest BCUT2D eigenvalue weighted by Gasteiger charge is 2.03. The third-order valence-corrected chi connectivity index (χ3v) is 2.05. The van der Waals surface area contributed by atoms with E-state index in [1.54, 1.807) is 0 Å². The van der Waals surface area contributed by atoms with E-state index in [2.05, 4.69) is 16.0 Å². The van der Waals surface area contributed by atoms with Crippen LogP contribution in [0.3, 0.4) is 0 Å². The van der Waals surface area contributed by atoms with Crippen molar-refractivity contribution in [3.63, 3.8) is 0 Å². The minimum atomic E-state index is -0.208. The van der Waals surface area contributed by atoms with Crippen LogP contribution in [0.2, 0.25) is 0 Å². The normalized spacial score (nSPS) is 8.94. The summed E-state index contributed by atoms with van der Waals surface area (Å²) in [7, 11) is 0. The van der Waals surface area contributed by atoms with Crippen LogP contribution in [0.25, 0.3) is 0 Å². The van der Waals surface area contributed by atoms with Gasteiger partial charge in [-0.05, 0) is 19.1 Å². The van der Waals surface area contributed by atoms with Crippen LogP contribution in [0.15, 0.2) is 30.3 Å². The zero-order chi connectivity index (χ0) is 12.5. The van der Waals surface area contributed by atoms with E-state index in [9.17, 15) is 9.59 Å².